The average molecular weight is 615 g/mol. The highest BCUT2D eigenvalue weighted by Gasteiger charge is 2.33. The van der Waals surface area contributed by atoms with E-state index in [0.29, 0.717) is 31.2 Å². The summed E-state index contributed by atoms with van der Waals surface area (Å²) < 4.78 is 5.89. The van der Waals surface area contributed by atoms with Crippen LogP contribution in [0.5, 0.6) is 11.5 Å². The normalized spacial score (nSPS) is 13.0. The molecule has 248 valence electrons. The molecule has 9 nitrogen and oxygen atoms in total. The highest BCUT2D eigenvalue weighted by atomic mass is 16.5. The Bertz CT molecular complexity index is 1040. The number of nitrogens with one attached hydrogen (secondary N) is 2. The molecule has 1 aliphatic carbocycles. The number of Topliss-reactive ketones (excluding diaryl/α,β-unsaturated/α-hetero) is 1. The van der Waals surface area contributed by atoms with Gasteiger partial charge in [0, 0.05) is 19.0 Å². The number of ether oxygens (including phenoxy) is 1. The summed E-state index contributed by atoms with van der Waals surface area (Å²) in [5, 5.41) is 16.9. The quantitative estimate of drug-likeness (QED) is 0.132. The standard InChI is InChI=1S/C18H28N2O2.C8H10O.C5H12.C4H8N2O2/c1-13(19)7-8-15-5-3-4-6-17(15)22-12-11-20-18(14(2)21)16-9-10-16;1-2-7-3-5-8(9)6-4-7;1-4-5(2)3;1-2-4(7)5-3-6-8/h3-6,13,16,18,20H,7-12,19H2,1-2H3;3-6,9H,2H2,1H3;5H,4H2,1-3H3;2-3H2,1H3,(H,5,7). The van der Waals surface area contributed by atoms with E-state index in [9.17, 15) is 14.5 Å². The van der Waals surface area contributed by atoms with Gasteiger partial charge in [-0.05, 0) is 92.3 Å². The molecule has 1 saturated carbocycles. The maximum Gasteiger partial charge on any atom is 0.221 e. The fourth-order valence-corrected chi connectivity index (χ4v) is 3.66. The van der Waals surface area contributed by atoms with Crippen LogP contribution in [0.3, 0.4) is 0 Å². The molecule has 9 heteroatoms. The largest absolute Gasteiger partial charge is 0.508 e. The van der Waals surface area contributed by atoms with Crippen molar-refractivity contribution >= 4 is 11.7 Å². The minimum Gasteiger partial charge on any atom is -0.508 e. The molecule has 0 heterocycles. The van der Waals surface area contributed by atoms with Crippen LogP contribution in [0.15, 0.2) is 53.7 Å². The van der Waals surface area contributed by atoms with Gasteiger partial charge >= 0.3 is 0 Å². The SMILES string of the molecule is CC(=O)C(NCCOc1ccccc1CCC(C)N)C1CC1.CCC(=O)NCN=O.CCC(C)C.CCc1ccc(O)cc1. The van der Waals surface area contributed by atoms with Crippen LogP contribution < -0.4 is 21.1 Å². The smallest absolute Gasteiger partial charge is 0.221 e. The van der Waals surface area contributed by atoms with E-state index < -0.39 is 0 Å². The molecule has 0 aromatic heterocycles. The summed E-state index contributed by atoms with van der Waals surface area (Å²) >= 11 is 0. The second-order valence-corrected chi connectivity index (χ2v) is 11.4. The van der Waals surface area contributed by atoms with Crippen molar-refractivity contribution in [2.75, 3.05) is 19.8 Å². The predicted octanol–water partition coefficient (Wildman–Crippen LogP) is 6.55. The number of phenols is 1. The van der Waals surface area contributed by atoms with Crippen LogP contribution in [-0.2, 0) is 22.4 Å². The number of benzene rings is 2. The van der Waals surface area contributed by atoms with Gasteiger partial charge in [0.25, 0.3) is 0 Å². The molecule has 0 bridgehead atoms. The number of nitrogens with zero attached hydrogens (tertiary/aromatic N) is 1. The summed E-state index contributed by atoms with van der Waals surface area (Å²) in [5.74, 6) is 2.78. The third kappa shape index (κ3) is 21.4. The lowest BCUT2D eigenvalue weighted by atomic mass is 10.1. The number of carbonyl (C=O) groups excluding carboxylic acids is 2. The molecular formula is C35H58N4O5. The Labute approximate surface area is 265 Å². The Morgan fingerprint density at radius 3 is 2.14 bits per heavy atom. The number of hydrogen-bond donors (Lipinski definition) is 4. The number of aromatic hydroxyl groups is 1. The Morgan fingerprint density at radius 2 is 1.66 bits per heavy atom. The summed E-state index contributed by atoms with van der Waals surface area (Å²) in [6, 6.07) is 15.6. The van der Waals surface area contributed by atoms with Gasteiger partial charge in [-0.1, -0.05) is 71.4 Å². The van der Waals surface area contributed by atoms with E-state index in [0.717, 1.165) is 43.8 Å². The third-order valence-corrected chi connectivity index (χ3v) is 6.92. The number of phenolic OH excluding ortho intramolecular Hbond substituents is 1. The van der Waals surface area contributed by atoms with Gasteiger partial charge in [0.05, 0.1) is 6.04 Å². The molecule has 2 unspecified atom stereocenters. The van der Waals surface area contributed by atoms with Gasteiger partial charge in [-0.15, -0.1) is 4.91 Å². The minimum absolute atomic E-state index is 0.0110. The molecule has 0 radical (unpaired) electrons. The van der Waals surface area contributed by atoms with Crippen LogP contribution >= 0.6 is 0 Å². The Hall–Kier alpha value is -3.30. The fourth-order valence-electron chi connectivity index (χ4n) is 3.66. The highest BCUT2D eigenvalue weighted by molar-refractivity contribution is 5.82. The van der Waals surface area contributed by atoms with E-state index in [1.165, 1.54) is 17.5 Å². The van der Waals surface area contributed by atoms with Crippen LogP contribution in [-0.4, -0.2) is 48.7 Å². The molecule has 3 rings (SSSR count). The number of rotatable bonds is 15. The summed E-state index contributed by atoms with van der Waals surface area (Å²) in [7, 11) is 0. The van der Waals surface area contributed by atoms with Gasteiger partial charge in [0.2, 0.25) is 5.91 Å². The maximum absolute atomic E-state index is 11.6. The molecule has 2 aromatic rings. The van der Waals surface area contributed by atoms with E-state index in [2.05, 4.69) is 49.6 Å². The van der Waals surface area contributed by atoms with E-state index in [1.54, 1.807) is 26.0 Å². The first kappa shape index (κ1) is 40.7. The van der Waals surface area contributed by atoms with Gasteiger partial charge < -0.3 is 26.2 Å². The van der Waals surface area contributed by atoms with Gasteiger partial charge in [-0.3, -0.25) is 9.59 Å². The molecule has 1 fully saturated rings. The van der Waals surface area contributed by atoms with E-state index >= 15 is 0 Å². The first-order chi connectivity index (χ1) is 21.0. The zero-order valence-electron chi connectivity index (χ0n) is 28.1. The number of para-hydroxylation sites is 1. The van der Waals surface area contributed by atoms with Gasteiger partial charge in [-0.2, -0.15) is 0 Å². The molecular weight excluding hydrogens is 556 g/mol. The second-order valence-electron chi connectivity index (χ2n) is 11.4. The zero-order chi connectivity index (χ0) is 33.3. The van der Waals surface area contributed by atoms with Crippen LogP contribution in [0.4, 0.5) is 0 Å². The Balaban J connectivity index is 0.000000688. The summed E-state index contributed by atoms with van der Waals surface area (Å²) in [6.07, 6.45) is 6.94. The van der Waals surface area contributed by atoms with Crippen molar-refractivity contribution < 1.29 is 19.4 Å². The van der Waals surface area contributed by atoms with Crippen molar-refractivity contribution in [3.8, 4) is 11.5 Å². The van der Waals surface area contributed by atoms with Crippen LogP contribution in [0.25, 0.3) is 0 Å². The van der Waals surface area contributed by atoms with Gasteiger partial charge in [0.15, 0.2) is 6.67 Å². The van der Waals surface area contributed by atoms with Crippen LogP contribution in [0.2, 0.25) is 0 Å². The van der Waals surface area contributed by atoms with Crippen LogP contribution in [0.1, 0.15) is 91.7 Å². The lowest BCUT2D eigenvalue weighted by molar-refractivity contribution is -0.121. The second kappa shape index (κ2) is 25.1. The number of aryl methyl sites for hydroxylation is 2. The Kier molecular flexibility index (Phi) is 23.2. The van der Waals surface area contributed by atoms with Gasteiger partial charge in [-0.25, -0.2) is 0 Å². The predicted molar refractivity (Wildman–Crippen MR) is 181 cm³/mol. The van der Waals surface area contributed by atoms with Crippen molar-refractivity contribution in [3.63, 3.8) is 0 Å². The molecule has 0 aliphatic heterocycles. The molecule has 2 aromatic carbocycles. The number of nitrogens with two attached hydrogens (primary N) is 1. The molecule has 44 heavy (non-hydrogen) atoms. The third-order valence-electron chi connectivity index (χ3n) is 6.92. The van der Waals surface area contributed by atoms with Crippen molar-refractivity contribution in [2.45, 2.75) is 105 Å². The molecule has 1 amide bonds. The molecule has 5 N–H and O–H groups in total. The number of amides is 1. The first-order valence-electron chi connectivity index (χ1n) is 16.0. The Morgan fingerprint density at radius 1 is 1.05 bits per heavy atom. The lowest BCUT2D eigenvalue weighted by Gasteiger charge is -2.16. The van der Waals surface area contributed by atoms with Crippen molar-refractivity contribution in [1.29, 1.82) is 0 Å². The molecule has 2 atom stereocenters. The first-order valence-corrected chi connectivity index (χ1v) is 16.0. The maximum atomic E-state index is 11.6. The van der Waals surface area contributed by atoms with Crippen molar-refractivity contribution in [1.82, 2.24) is 10.6 Å². The van der Waals surface area contributed by atoms with E-state index in [1.807, 2.05) is 37.3 Å². The van der Waals surface area contributed by atoms with Crippen LogP contribution in [0, 0.1) is 16.7 Å². The number of carbonyl (C=O) groups is 2. The monoisotopic (exact) mass is 614 g/mol. The lowest BCUT2D eigenvalue weighted by Crippen LogP contribution is -2.39. The van der Waals surface area contributed by atoms with Crippen molar-refractivity contribution in [3.05, 3.63) is 64.6 Å². The highest BCUT2D eigenvalue weighted by Crippen LogP contribution is 2.32. The average Bonchev–Trinajstić information content (AvgIpc) is 3.85. The molecule has 0 spiro atoms. The summed E-state index contributed by atoms with van der Waals surface area (Å²) in [6.45, 7) is 15.3. The summed E-state index contributed by atoms with van der Waals surface area (Å²) in [5.41, 5.74) is 8.28. The molecule has 0 saturated heterocycles. The summed E-state index contributed by atoms with van der Waals surface area (Å²) in [4.78, 5) is 31.2. The molecule has 1 aliphatic rings. The number of hydrogen-bond acceptors (Lipinski definition) is 8. The number of ketones is 1. The van der Waals surface area contributed by atoms with Gasteiger partial charge in [0.1, 0.15) is 23.9 Å². The topological polar surface area (TPSA) is 143 Å². The zero-order valence-corrected chi connectivity index (χ0v) is 28.1. The van der Waals surface area contributed by atoms with E-state index in [-0.39, 0.29) is 30.4 Å². The van der Waals surface area contributed by atoms with E-state index in [4.69, 9.17) is 15.6 Å². The number of nitroso groups, excluding NO2 is 1. The minimum atomic E-state index is -0.149. The fraction of sp³-hybridized carbons (Fsp3) is 0.600. The van der Waals surface area contributed by atoms with Crippen molar-refractivity contribution in [2.24, 2.45) is 22.7 Å².